The number of hydrogen-bond donors (Lipinski definition) is 1. The van der Waals surface area contributed by atoms with Gasteiger partial charge in [-0.15, -0.1) is 0 Å². The fraction of sp³-hybridized carbons (Fsp3) is 0.529. The number of nitrogens with zero attached hydrogens (tertiary/aromatic N) is 1. The van der Waals surface area contributed by atoms with Crippen molar-refractivity contribution < 1.29 is 27.9 Å². The zero-order valence-corrected chi connectivity index (χ0v) is 13.5. The first-order valence-electron chi connectivity index (χ1n) is 7.78. The standard InChI is InChI=1S/C17H20F3NO3/c1-10(12-5-3-4-6-14(12)17(18,19)20)7-15(22)21-8-11(2)13(9-21)16(23)24/h3-6,10-11,13H,7-9H2,1-2H3,(H,23,24)/t10?,11-,13-/m1/s1. The molecule has 1 aromatic carbocycles. The molecule has 0 spiro atoms. The lowest BCUT2D eigenvalue weighted by atomic mass is 9.92. The summed E-state index contributed by atoms with van der Waals surface area (Å²) in [4.78, 5) is 24.9. The maximum absolute atomic E-state index is 13.1. The molecule has 1 aliphatic heterocycles. The van der Waals surface area contributed by atoms with Crippen LogP contribution in [0.2, 0.25) is 0 Å². The number of amides is 1. The number of carboxylic acids is 1. The predicted octanol–water partition coefficient (Wildman–Crippen LogP) is 3.38. The van der Waals surface area contributed by atoms with E-state index >= 15 is 0 Å². The van der Waals surface area contributed by atoms with Crippen molar-refractivity contribution >= 4 is 11.9 Å². The minimum atomic E-state index is -4.47. The van der Waals surface area contributed by atoms with Gasteiger partial charge in [0.25, 0.3) is 0 Å². The first-order valence-corrected chi connectivity index (χ1v) is 7.78. The normalized spacial score (nSPS) is 22.5. The smallest absolute Gasteiger partial charge is 0.416 e. The molecule has 1 heterocycles. The molecule has 24 heavy (non-hydrogen) atoms. The summed E-state index contributed by atoms with van der Waals surface area (Å²) in [5.41, 5.74) is -0.649. The minimum absolute atomic E-state index is 0.0772. The number of likely N-dealkylation sites (tertiary alicyclic amines) is 1. The number of hydrogen-bond acceptors (Lipinski definition) is 2. The molecule has 0 aliphatic carbocycles. The van der Waals surface area contributed by atoms with Crippen molar-refractivity contribution in [2.24, 2.45) is 11.8 Å². The number of aliphatic carboxylic acids is 1. The quantitative estimate of drug-likeness (QED) is 0.912. The third-order valence-corrected chi connectivity index (χ3v) is 4.56. The monoisotopic (exact) mass is 343 g/mol. The van der Waals surface area contributed by atoms with E-state index in [9.17, 15) is 22.8 Å². The molecule has 0 bridgehead atoms. The highest BCUT2D eigenvalue weighted by atomic mass is 19.4. The highest BCUT2D eigenvalue weighted by Gasteiger charge is 2.38. The van der Waals surface area contributed by atoms with Crippen LogP contribution in [0.3, 0.4) is 0 Å². The molecule has 1 unspecified atom stereocenters. The van der Waals surface area contributed by atoms with E-state index in [1.54, 1.807) is 13.8 Å². The molecule has 1 aromatic rings. The summed E-state index contributed by atoms with van der Waals surface area (Å²) in [6.45, 7) is 3.78. The molecular weight excluding hydrogens is 323 g/mol. The van der Waals surface area contributed by atoms with Gasteiger partial charge in [0.05, 0.1) is 11.5 Å². The summed E-state index contributed by atoms with van der Waals surface area (Å²) < 4.78 is 39.2. The fourth-order valence-corrected chi connectivity index (χ4v) is 3.18. The number of benzene rings is 1. The second kappa shape index (κ2) is 6.83. The predicted molar refractivity (Wildman–Crippen MR) is 81.3 cm³/mol. The SMILES string of the molecule is CC(CC(=O)N1C[C@@H](C)[C@H](C(=O)O)C1)c1ccccc1C(F)(F)F. The molecular formula is C17H20F3NO3. The van der Waals surface area contributed by atoms with Gasteiger partial charge < -0.3 is 10.0 Å². The summed E-state index contributed by atoms with van der Waals surface area (Å²) >= 11 is 0. The van der Waals surface area contributed by atoms with Gasteiger partial charge in [0.1, 0.15) is 0 Å². The van der Waals surface area contributed by atoms with Crippen LogP contribution in [0.4, 0.5) is 13.2 Å². The number of carbonyl (C=O) groups is 2. The van der Waals surface area contributed by atoms with E-state index in [4.69, 9.17) is 5.11 Å². The van der Waals surface area contributed by atoms with Crippen LogP contribution in [0.25, 0.3) is 0 Å². The molecule has 1 amide bonds. The Morgan fingerprint density at radius 3 is 2.46 bits per heavy atom. The summed E-state index contributed by atoms with van der Waals surface area (Å²) in [5, 5.41) is 9.11. The molecule has 2 rings (SSSR count). The van der Waals surface area contributed by atoms with E-state index < -0.39 is 29.5 Å². The van der Waals surface area contributed by atoms with E-state index in [0.717, 1.165) is 6.07 Å². The Balaban J connectivity index is 2.10. The van der Waals surface area contributed by atoms with E-state index in [1.165, 1.54) is 23.1 Å². The number of carbonyl (C=O) groups excluding carboxylic acids is 1. The highest BCUT2D eigenvalue weighted by molar-refractivity contribution is 5.79. The maximum Gasteiger partial charge on any atom is 0.416 e. The van der Waals surface area contributed by atoms with Crippen molar-refractivity contribution in [2.45, 2.75) is 32.4 Å². The molecule has 0 saturated carbocycles. The lowest BCUT2D eigenvalue weighted by Crippen LogP contribution is -2.31. The molecule has 0 aromatic heterocycles. The third kappa shape index (κ3) is 3.88. The number of halogens is 3. The van der Waals surface area contributed by atoms with Crippen molar-refractivity contribution in [3.8, 4) is 0 Å². The van der Waals surface area contributed by atoms with Gasteiger partial charge in [0.2, 0.25) is 5.91 Å². The second-order valence-corrected chi connectivity index (χ2v) is 6.41. The molecule has 4 nitrogen and oxygen atoms in total. The lowest BCUT2D eigenvalue weighted by molar-refractivity contribution is -0.142. The molecule has 1 N–H and O–H groups in total. The van der Waals surface area contributed by atoms with Gasteiger partial charge in [-0.25, -0.2) is 0 Å². The molecule has 1 saturated heterocycles. The van der Waals surface area contributed by atoms with Crippen LogP contribution < -0.4 is 0 Å². The van der Waals surface area contributed by atoms with Crippen molar-refractivity contribution in [1.82, 2.24) is 4.90 Å². The lowest BCUT2D eigenvalue weighted by Gasteiger charge is -2.21. The first kappa shape index (κ1) is 18.3. The van der Waals surface area contributed by atoms with Gasteiger partial charge in [-0.3, -0.25) is 9.59 Å². The topological polar surface area (TPSA) is 57.6 Å². The Morgan fingerprint density at radius 2 is 1.92 bits per heavy atom. The summed E-state index contributed by atoms with van der Waals surface area (Å²) in [7, 11) is 0. The second-order valence-electron chi connectivity index (χ2n) is 6.41. The third-order valence-electron chi connectivity index (χ3n) is 4.56. The Morgan fingerprint density at radius 1 is 1.29 bits per heavy atom. The zero-order valence-electron chi connectivity index (χ0n) is 13.5. The van der Waals surface area contributed by atoms with Crippen molar-refractivity contribution in [3.05, 3.63) is 35.4 Å². The highest BCUT2D eigenvalue weighted by Crippen LogP contribution is 2.36. The molecule has 7 heteroatoms. The van der Waals surface area contributed by atoms with Crippen LogP contribution in [0.1, 0.15) is 37.3 Å². The largest absolute Gasteiger partial charge is 0.481 e. The minimum Gasteiger partial charge on any atom is -0.481 e. The number of alkyl halides is 3. The molecule has 0 radical (unpaired) electrons. The average Bonchev–Trinajstić information content (AvgIpc) is 2.88. The van der Waals surface area contributed by atoms with Crippen LogP contribution in [0.15, 0.2) is 24.3 Å². The first-order chi connectivity index (χ1) is 11.1. The Bertz CT molecular complexity index is 630. The van der Waals surface area contributed by atoms with Crippen LogP contribution in [-0.4, -0.2) is 35.0 Å². The summed E-state index contributed by atoms with van der Waals surface area (Å²) in [6, 6.07) is 5.23. The van der Waals surface area contributed by atoms with E-state index in [0.29, 0.717) is 6.54 Å². The molecule has 1 fully saturated rings. The Hall–Kier alpha value is -2.05. The molecule has 132 valence electrons. The van der Waals surface area contributed by atoms with Crippen molar-refractivity contribution in [1.29, 1.82) is 0 Å². The van der Waals surface area contributed by atoms with Gasteiger partial charge in [-0.1, -0.05) is 32.0 Å². The van der Waals surface area contributed by atoms with Crippen LogP contribution in [0.5, 0.6) is 0 Å². The van der Waals surface area contributed by atoms with E-state index in [-0.39, 0.29) is 30.4 Å². The van der Waals surface area contributed by atoms with Gasteiger partial charge in [-0.05, 0) is 23.5 Å². The van der Waals surface area contributed by atoms with Gasteiger partial charge in [0.15, 0.2) is 0 Å². The van der Waals surface area contributed by atoms with Crippen molar-refractivity contribution in [2.75, 3.05) is 13.1 Å². The van der Waals surface area contributed by atoms with Crippen molar-refractivity contribution in [3.63, 3.8) is 0 Å². The Labute approximate surface area is 138 Å². The van der Waals surface area contributed by atoms with Gasteiger partial charge in [0, 0.05) is 19.5 Å². The van der Waals surface area contributed by atoms with E-state index in [2.05, 4.69) is 0 Å². The number of rotatable bonds is 4. The summed E-state index contributed by atoms with van der Waals surface area (Å²) in [5.74, 6) is -2.64. The number of carboxylic acid groups (broad SMARTS) is 1. The molecule has 1 aliphatic rings. The Kier molecular flexibility index (Phi) is 5.20. The zero-order chi connectivity index (χ0) is 18.1. The van der Waals surface area contributed by atoms with E-state index in [1.807, 2.05) is 0 Å². The molecule has 3 atom stereocenters. The average molecular weight is 343 g/mol. The summed E-state index contributed by atoms with van der Waals surface area (Å²) in [6.07, 6.45) is -4.55. The maximum atomic E-state index is 13.1. The fourth-order valence-electron chi connectivity index (χ4n) is 3.18. The van der Waals surface area contributed by atoms with Gasteiger partial charge in [-0.2, -0.15) is 13.2 Å². The van der Waals surface area contributed by atoms with Crippen LogP contribution in [0, 0.1) is 11.8 Å². The van der Waals surface area contributed by atoms with Gasteiger partial charge >= 0.3 is 12.1 Å². The van der Waals surface area contributed by atoms with Crippen LogP contribution >= 0.6 is 0 Å². The van der Waals surface area contributed by atoms with Crippen LogP contribution in [-0.2, 0) is 15.8 Å².